The quantitative estimate of drug-likeness (QED) is 0.590. The molecule has 0 saturated heterocycles. The first-order chi connectivity index (χ1) is 12.6. The molecule has 0 spiro atoms. The van der Waals surface area contributed by atoms with Crippen molar-refractivity contribution in [3.8, 4) is 11.3 Å². The average Bonchev–Trinajstić information content (AvgIpc) is 3.01. The van der Waals surface area contributed by atoms with Crippen molar-refractivity contribution in [2.45, 2.75) is 6.61 Å². The monoisotopic (exact) mass is 349 g/mol. The SMILES string of the molecule is COCc1c(C(=O)O)nn2cc(-c3ccc4ccccc4c3)[nH]c(=O)c12. The molecule has 7 heteroatoms. The van der Waals surface area contributed by atoms with Gasteiger partial charge in [0, 0.05) is 18.2 Å². The number of carbonyl (C=O) groups is 1. The Morgan fingerprint density at radius 3 is 2.73 bits per heavy atom. The maximum Gasteiger partial charge on any atom is 0.356 e. The van der Waals surface area contributed by atoms with Crippen LogP contribution in [0.1, 0.15) is 16.1 Å². The number of carboxylic acid groups (broad SMARTS) is 1. The van der Waals surface area contributed by atoms with Crippen LogP contribution >= 0.6 is 0 Å². The molecule has 0 atom stereocenters. The summed E-state index contributed by atoms with van der Waals surface area (Å²) >= 11 is 0. The van der Waals surface area contributed by atoms with Crippen LogP contribution in [0.3, 0.4) is 0 Å². The van der Waals surface area contributed by atoms with Crippen molar-refractivity contribution < 1.29 is 14.6 Å². The zero-order chi connectivity index (χ0) is 18.3. The number of aromatic carboxylic acids is 1. The second-order valence-corrected chi connectivity index (χ2v) is 5.92. The lowest BCUT2D eigenvalue weighted by molar-refractivity contribution is 0.0685. The summed E-state index contributed by atoms with van der Waals surface area (Å²) < 4.78 is 6.34. The molecule has 130 valence electrons. The smallest absolute Gasteiger partial charge is 0.356 e. The Balaban J connectivity index is 1.94. The molecule has 26 heavy (non-hydrogen) atoms. The van der Waals surface area contributed by atoms with Gasteiger partial charge in [-0.3, -0.25) is 4.79 Å². The van der Waals surface area contributed by atoms with E-state index >= 15 is 0 Å². The predicted molar refractivity (Wildman–Crippen MR) is 96.4 cm³/mol. The van der Waals surface area contributed by atoms with Crippen LogP contribution in [0.15, 0.2) is 53.5 Å². The van der Waals surface area contributed by atoms with Crippen molar-refractivity contribution in [3.63, 3.8) is 0 Å². The number of hydrogen-bond acceptors (Lipinski definition) is 4. The highest BCUT2D eigenvalue weighted by molar-refractivity contribution is 5.90. The summed E-state index contributed by atoms with van der Waals surface area (Å²) in [5.74, 6) is -1.20. The summed E-state index contributed by atoms with van der Waals surface area (Å²) in [6.45, 7) is -0.0104. The number of methoxy groups -OCH3 is 1. The van der Waals surface area contributed by atoms with E-state index in [1.165, 1.54) is 11.6 Å². The third-order valence-corrected chi connectivity index (χ3v) is 4.27. The van der Waals surface area contributed by atoms with E-state index in [2.05, 4.69) is 10.1 Å². The minimum atomic E-state index is -1.20. The second-order valence-electron chi connectivity index (χ2n) is 5.92. The molecule has 4 aromatic rings. The van der Waals surface area contributed by atoms with Crippen LogP contribution in [0.2, 0.25) is 0 Å². The van der Waals surface area contributed by atoms with E-state index in [9.17, 15) is 14.7 Å². The van der Waals surface area contributed by atoms with Crippen molar-refractivity contribution in [3.05, 3.63) is 70.3 Å². The molecule has 2 aromatic carbocycles. The first-order valence-electron chi connectivity index (χ1n) is 7.94. The molecule has 0 bridgehead atoms. The molecule has 0 aliphatic heterocycles. The van der Waals surface area contributed by atoms with Crippen LogP contribution < -0.4 is 5.56 Å². The van der Waals surface area contributed by atoms with Gasteiger partial charge in [-0.25, -0.2) is 9.31 Å². The van der Waals surface area contributed by atoms with Crippen LogP contribution in [0.25, 0.3) is 27.5 Å². The van der Waals surface area contributed by atoms with Crippen molar-refractivity contribution in [2.24, 2.45) is 0 Å². The first-order valence-corrected chi connectivity index (χ1v) is 7.94. The molecule has 2 aromatic heterocycles. The molecular weight excluding hydrogens is 334 g/mol. The third kappa shape index (κ3) is 2.55. The van der Waals surface area contributed by atoms with Gasteiger partial charge in [0.15, 0.2) is 5.69 Å². The maximum atomic E-state index is 12.6. The number of aromatic nitrogens is 3. The molecular formula is C19H15N3O4. The number of nitrogens with one attached hydrogen (secondary N) is 1. The van der Waals surface area contributed by atoms with Gasteiger partial charge in [0.25, 0.3) is 5.56 Å². The summed E-state index contributed by atoms with van der Waals surface area (Å²) in [5, 5.41) is 15.5. The highest BCUT2D eigenvalue weighted by atomic mass is 16.5. The molecule has 0 amide bonds. The van der Waals surface area contributed by atoms with E-state index < -0.39 is 11.5 Å². The van der Waals surface area contributed by atoms with E-state index in [0.717, 1.165) is 16.3 Å². The Bertz CT molecular complexity index is 1210. The van der Waals surface area contributed by atoms with Crippen LogP contribution in [-0.4, -0.2) is 32.8 Å². The standard InChI is InChI=1S/C19H15N3O4/c1-26-10-14-16(19(24)25)21-22-9-15(20-18(23)17(14)22)13-7-6-11-4-2-3-5-12(11)8-13/h2-9H,10H2,1H3,(H,20,23)(H,24,25). The van der Waals surface area contributed by atoms with Gasteiger partial charge in [-0.05, 0) is 16.8 Å². The fraction of sp³-hybridized carbons (Fsp3) is 0.105. The highest BCUT2D eigenvalue weighted by Crippen LogP contribution is 2.23. The van der Waals surface area contributed by atoms with Crippen LogP contribution in [-0.2, 0) is 11.3 Å². The summed E-state index contributed by atoms with van der Waals surface area (Å²) in [5.41, 5.74) is 1.19. The highest BCUT2D eigenvalue weighted by Gasteiger charge is 2.21. The number of benzene rings is 2. The first kappa shape index (κ1) is 16.0. The fourth-order valence-electron chi connectivity index (χ4n) is 3.10. The van der Waals surface area contributed by atoms with Gasteiger partial charge < -0.3 is 14.8 Å². The number of hydrogen-bond donors (Lipinski definition) is 2. The lowest BCUT2D eigenvalue weighted by atomic mass is 10.1. The van der Waals surface area contributed by atoms with Gasteiger partial charge in [-0.1, -0.05) is 36.4 Å². The van der Waals surface area contributed by atoms with Gasteiger partial charge in [-0.15, -0.1) is 0 Å². The number of aromatic amines is 1. The molecule has 0 radical (unpaired) electrons. The number of rotatable bonds is 4. The van der Waals surface area contributed by atoms with Crippen LogP contribution in [0.5, 0.6) is 0 Å². The lowest BCUT2D eigenvalue weighted by Crippen LogP contribution is -2.12. The fourth-order valence-corrected chi connectivity index (χ4v) is 3.10. The van der Waals surface area contributed by atoms with Crippen LogP contribution in [0.4, 0.5) is 0 Å². The number of H-pyrrole nitrogens is 1. The van der Waals surface area contributed by atoms with Crippen molar-refractivity contribution in [2.75, 3.05) is 7.11 Å². The molecule has 0 unspecified atom stereocenters. The number of nitrogens with zero attached hydrogens (tertiary/aromatic N) is 2. The summed E-state index contributed by atoms with van der Waals surface area (Å²) in [6, 6.07) is 13.7. The van der Waals surface area contributed by atoms with Crippen molar-refractivity contribution >= 4 is 22.3 Å². The average molecular weight is 349 g/mol. The number of ether oxygens (including phenoxy) is 1. The lowest BCUT2D eigenvalue weighted by Gasteiger charge is -2.05. The topological polar surface area (TPSA) is 96.7 Å². The molecule has 4 rings (SSSR count). The van der Waals surface area contributed by atoms with Gasteiger partial charge in [-0.2, -0.15) is 5.10 Å². The minimum Gasteiger partial charge on any atom is -0.476 e. The summed E-state index contributed by atoms with van der Waals surface area (Å²) in [4.78, 5) is 26.9. The second kappa shape index (κ2) is 6.12. The van der Waals surface area contributed by atoms with Crippen LogP contribution in [0, 0.1) is 0 Å². The Morgan fingerprint density at radius 2 is 2.00 bits per heavy atom. The van der Waals surface area contributed by atoms with E-state index in [0.29, 0.717) is 5.69 Å². The van der Waals surface area contributed by atoms with E-state index in [-0.39, 0.29) is 23.4 Å². The van der Waals surface area contributed by atoms with Gasteiger partial charge in [0.2, 0.25) is 0 Å². The summed E-state index contributed by atoms with van der Waals surface area (Å²) in [6.07, 6.45) is 1.62. The summed E-state index contributed by atoms with van der Waals surface area (Å²) in [7, 11) is 1.44. The number of carboxylic acids is 1. The molecule has 0 aliphatic carbocycles. The largest absolute Gasteiger partial charge is 0.476 e. The normalized spacial score (nSPS) is 11.3. The van der Waals surface area contributed by atoms with Crippen molar-refractivity contribution in [1.82, 2.24) is 14.6 Å². The van der Waals surface area contributed by atoms with Gasteiger partial charge >= 0.3 is 5.97 Å². The van der Waals surface area contributed by atoms with Gasteiger partial charge in [0.05, 0.1) is 18.5 Å². The zero-order valence-corrected chi connectivity index (χ0v) is 13.9. The number of fused-ring (bicyclic) bond motifs is 2. The van der Waals surface area contributed by atoms with E-state index in [4.69, 9.17) is 4.74 Å². The molecule has 0 saturated carbocycles. The van der Waals surface area contributed by atoms with E-state index in [1.807, 2.05) is 42.5 Å². The maximum absolute atomic E-state index is 12.6. The zero-order valence-electron chi connectivity index (χ0n) is 13.9. The van der Waals surface area contributed by atoms with Gasteiger partial charge in [0.1, 0.15) is 5.52 Å². The Kier molecular flexibility index (Phi) is 3.78. The molecule has 7 nitrogen and oxygen atoms in total. The third-order valence-electron chi connectivity index (χ3n) is 4.27. The van der Waals surface area contributed by atoms with Crippen molar-refractivity contribution in [1.29, 1.82) is 0 Å². The molecule has 0 fully saturated rings. The molecule has 0 aliphatic rings. The Morgan fingerprint density at radius 1 is 1.23 bits per heavy atom. The Hall–Kier alpha value is -3.45. The Labute approximate surface area is 147 Å². The molecule has 2 N–H and O–H groups in total. The molecule has 2 heterocycles. The minimum absolute atomic E-state index is 0.0104. The van der Waals surface area contributed by atoms with E-state index in [1.54, 1.807) is 6.20 Å². The predicted octanol–water partition coefficient (Wildman–Crippen LogP) is 2.69.